The van der Waals surface area contributed by atoms with Gasteiger partial charge < -0.3 is 15.4 Å². The van der Waals surface area contributed by atoms with Crippen LogP contribution in [0.15, 0.2) is 102 Å². The Morgan fingerprint density at radius 1 is 0.913 bits per heavy atom. The molecular formula is C35H34N6O3S2. The molecule has 1 aliphatic rings. The van der Waals surface area contributed by atoms with Gasteiger partial charge in [-0.1, -0.05) is 54.6 Å². The maximum absolute atomic E-state index is 12.9. The molecule has 2 heterocycles. The monoisotopic (exact) mass is 650 g/mol. The van der Waals surface area contributed by atoms with Gasteiger partial charge in [-0.3, -0.25) is 4.72 Å². The molecule has 0 spiro atoms. The average Bonchev–Trinajstić information content (AvgIpc) is 3.60. The van der Waals surface area contributed by atoms with Crippen LogP contribution < -0.4 is 20.1 Å². The Hall–Kier alpha value is -4.60. The molecule has 0 atom stereocenters. The third-order valence-corrected chi connectivity index (χ3v) is 10.1. The third kappa shape index (κ3) is 7.78. The minimum absolute atomic E-state index is 0.0772. The predicted molar refractivity (Wildman–Crippen MR) is 181 cm³/mol. The van der Waals surface area contributed by atoms with Crippen molar-refractivity contribution in [2.24, 2.45) is 5.92 Å². The first-order chi connectivity index (χ1) is 22.5. The van der Waals surface area contributed by atoms with Crippen LogP contribution >= 0.6 is 11.5 Å². The molecule has 1 aromatic heterocycles. The molecule has 4 aromatic carbocycles. The molecule has 0 bridgehead atoms. The smallest absolute Gasteiger partial charge is 0.263 e. The highest BCUT2D eigenvalue weighted by molar-refractivity contribution is 7.93. The summed E-state index contributed by atoms with van der Waals surface area (Å²) in [6.45, 7) is 3.96. The number of aromatic nitrogens is 2. The SMILES string of the molecule is N#Cc1cc(S(=O)(=O)Nc2ncns2)ccc1Oc1ccc(-c2ccccc2)cc1-c1cccc(CNCCC2CCNCC2)c1. The van der Waals surface area contributed by atoms with E-state index in [9.17, 15) is 13.7 Å². The van der Waals surface area contributed by atoms with Crippen molar-refractivity contribution in [3.63, 3.8) is 0 Å². The number of nitrogens with zero attached hydrogens (tertiary/aromatic N) is 3. The quantitative estimate of drug-likeness (QED) is 0.126. The highest BCUT2D eigenvalue weighted by Crippen LogP contribution is 2.38. The second-order valence-corrected chi connectivity index (χ2v) is 13.6. The fraction of sp³-hybridized carbons (Fsp3) is 0.229. The molecule has 0 saturated carbocycles. The molecule has 11 heteroatoms. The summed E-state index contributed by atoms with van der Waals surface area (Å²) < 4.78 is 38.4. The summed E-state index contributed by atoms with van der Waals surface area (Å²) in [6.07, 6.45) is 4.93. The summed E-state index contributed by atoms with van der Waals surface area (Å²) in [5, 5.41) is 17.2. The van der Waals surface area contributed by atoms with Crippen LogP contribution in [0.4, 0.5) is 5.13 Å². The van der Waals surface area contributed by atoms with Crippen molar-refractivity contribution in [2.75, 3.05) is 24.4 Å². The lowest BCUT2D eigenvalue weighted by molar-refractivity contribution is 0.348. The number of rotatable bonds is 12. The predicted octanol–water partition coefficient (Wildman–Crippen LogP) is 6.82. The summed E-state index contributed by atoms with van der Waals surface area (Å²) in [7, 11) is -3.97. The number of hydrogen-bond acceptors (Lipinski definition) is 9. The zero-order valence-electron chi connectivity index (χ0n) is 25.1. The van der Waals surface area contributed by atoms with Gasteiger partial charge in [-0.25, -0.2) is 13.4 Å². The van der Waals surface area contributed by atoms with Gasteiger partial charge in [0.1, 0.15) is 23.9 Å². The normalized spacial score (nSPS) is 13.6. The van der Waals surface area contributed by atoms with E-state index in [1.165, 1.54) is 43.8 Å². The van der Waals surface area contributed by atoms with Gasteiger partial charge in [0.05, 0.1) is 10.5 Å². The largest absolute Gasteiger partial charge is 0.455 e. The number of anilines is 1. The number of nitrogens with one attached hydrogen (secondary N) is 3. The summed E-state index contributed by atoms with van der Waals surface area (Å²) in [5.41, 5.74) is 5.18. The molecule has 0 aliphatic carbocycles. The van der Waals surface area contributed by atoms with E-state index >= 15 is 0 Å². The maximum atomic E-state index is 12.9. The van der Waals surface area contributed by atoms with Gasteiger partial charge in [0.25, 0.3) is 10.0 Å². The van der Waals surface area contributed by atoms with E-state index < -0.39 is 10.0 Å². The van der Waals surface area contributed by atoms with Crippen LogP contribution in [0, 0.1) is 17.2 Å². The lowest BCUT2D eigenvalue weighted by atomic mass is 9.94. The zero-order chi connectivity index (χ0) is 31.8. The van der Waals surface area contributed by atoms with Crippen molar-refractivity contribution >= 4 is 26.7 Å². The summed E-state index contributed by atoms with van der Waals surface area (Å²) in [5.74, 6) is 1.58. The van der Waals surface area contributed by atoms with E-state index in [-0.39, 0.29) is 21.3 Å². The van der Waals surface area contributed by atoms with Gasteiger partial charge in [0.15, 0.2) is 0 Å². The van der Waals surface area contributed by atoms with Crippen molar-refractivity contribution in [1.29, 1.82) is 5.26 Å². The fourth-order valence-electron chi connectivity index (χ4n) is 5.58. The van der Waals surface area contributed by atoms with Crippen molar-refractivity contribution < 1.29 is 13.2 Å². The summed E-state index contributed by atoms with van der Waals surface area (Å²) in [6, 6.07) is 30.8. The second-order valence-electron chi connectivity index (χ2n) is 11.2. The molecule has 1 aliphatic heterocycles. The first-order valence-electron chi connectivity index (χ1n) is 15.2. The third-order valence-electron chi connectivity index (χ3n) is 8.03. The van der Waals surface area contributed by atoms with Crippen molar-refractivity contribution in [3.8, 4) is 39.8 Å². The van der Waals surface area contributed by atoms with Crippen LogP contribution in [-0.2, 0) is 16.6 Å². The van der Waals surface area contributed by atoms with E-state index in [0.29, 0.717) is 5.75 Å². The molecule has 1 saturated heterocycles. The highest BCUT2D eigenvalue weighted by Gasteiger charge is 2.20. The summed E-state index contributed by atoms with van der Waals surface area (Å²) in [4.78, 5) is 3.80. The van der Waals surface area contributed by atoms with Crippen LogP contribution in [0.25, 0.3) is 22.3 Å². The van der Waals surface area contributed by atoms with Gasteiger partial charge in [0, 0.05) is 23.6 Å². The Bertz CT molecular complexity index is 1920. The Morgan fingerprint density at radius 3 is 2.50 bits per heavy atom. The maximum Gasteiger partial charge on any atom is 0.263 e. The molecule has 46 heavy (non-hydrogen) atoms. The molecule has 0 radical (unpaired) electrons. The first-order valence-corrected chi connectivity index (χ1v) is 17.5. The van der Waals surface area contributed by atoms with Crippen LogP contribution in [0.3, 0.4) is 0 Å². The van der Waals surface area contributed by atoms with Crippen molar-refractivity contribution in [1.82, 2.24) is 20.0 Å². The first kappa shape index (κ1) is 31.4. The molecule has 1 fully saturated rings. The number of hydrogen-bond donors (Lipinski definition) is 3. The molecule has 234 valence electrons. The van der Waals surface area contributed by atoms with E-state index in [1.54, 1.807) is 0 Å². The lowest BCUT2D eigenvalue weighted by Gasteiger charge is -2.22. The molecule has 3 N–H and O–H groups in total. The van der Waals surface area contributed by atoms with Crippen LogP contribution in [0.1, 0.15) is 30.4 Å². The number of ether oxygens (including phenoxy) is 1. The van der Waals surface area contributed by atoms with E-state index in [2.05, 4.69) is 67.2 Å². The molecule has 5 aromatic rings. The van der Waals surface area contributed by atoms with Gasteiger partial charge in [-0.15, -0.1) is 0 Å². The standard InChI is InChI=1S/C35H34N6O3S2/c36-22-30-20-31(46(42,43)41-35-39-24-40-45-35)10-12-33(30)44-34-11-9-28(27-6-2-1-3-7-27)21-32(34)29-8-4-5-26(19-29)23-38-18-15-25-13-16-37-17-14-25/h1-12,19-21,24-25,37-38H,13-18,23H2,(H,39,40,41). The molecular weight excluding hydrogens is 617 g/mol. The topological polar surface area (TPSA) is 129 Å². The average molecular weight is 651 g/mol. The molecule has 9 nitrogen and oxygen atoms in total. The lowest BCUT2D eigenvalue weighted by Crippen LogP contribution is -2.29. The minimum atomic E-state index is -3.97. The molecule has 0 unspecified atom stereocenters. The van der Waals surface area contributed by atoms with Crippen LogP contribution in [0.5, 0.6) is 11.5 Å². The van der Waals surface area contributed by atoms with E-state index in [1.807, 2.05) is 36.4 Å². The van der Waals surface area contributed by atoms with Crippen LogP contribution in [-0.4, -0.2) is 37.4 Å². The Morgan fingerprint density at radius 2 is 1.72 bits per heavy atom. The number of sulfonamides is 1. The van der Waals surface area contributed by atoms with Gasteiger partial charge in [0.2, 0.25) is 5.13 Å². The van der Waals surface area contributed by atoms with E-state index in [4.69, 9.17) is 4.74 Å². The van der Waals surface area contributed by atoms with Crippen molar-refractivity contribution in [2.45, 2.75) is 30.7 Å². The minimum Gasteiger partial charge on any atom is -0.455 e. The van der Waals surface area contributed by atoms with Gasteiger partial charge in [-0.2, -0.15) is 9.64 Å². The van der Waals surface area contributed by atoms with Crippen LogP contribution in [0.2, 0.25) is 0 Å². The Kier molecular flexibility index (Phi) is 10.0. The zero-order valence-corrected chi connectivity index (χ0v) is 26.8. The molecule has 6 rings (SSSR count). The molecule has 0 amide bonds. The number of piperidine rings is 1. The summed E-state index contributed by atoms with van der Waals surface area (Å²) >= 11 is 0.923. The van der Waals surface area contributed by atoms with E-state index in [0.717, 1.165) is 71.4 Å². The number of nitriles is 1. The van der Waals surface area contributed by atoms with Gasteiger partial charge >= 0.3 is 0 Å². The number of benzene rings is 4. The fourth-order valence-corrected chi connectivity index (χ4v) is 7.26. The second kappa shape index (κ2) is 14.7. The highest BCUT2D eigenvalue weighted by atomic mass is 32.2. The Balaban J connectivity index is 1.27. The Labute approximate surface area is 273 Å². The van der Waals surface area contributed by atoms with Crippen molar-refractivity contribution in [3.05, 3.63) is 108 Å². The van der Waals surface area contributed by atoms with Gasteiger partial charge in [-0.05, 0) is 103 Å².